The summed E-state index contributed by atoms with van der Waals surface area (Å²) in [7, 11) is 0. The Kier molecular flexibility index (Phi) is 7.77. The number of fused-ring (bicyclic) bond motifs is 10. The van der Waals surface area contributed by atoms with Gasteiger partial charge in [0.1, 0.15) is 16.7 Å². The van der Waals surface area contributed by atoms with Crippen molar-refractivity contribution in [2.75, 3.05) is 0 Å². The van der Waals surface area contributed by atoms with Gasteiger partial charge in [0.15, 0.2) is 23.1 Å². The molecule has 0 aliphatic carbocycles. The van der Waals surface area contributed by atoms with E-state index in [9.17, 15) is 0 Å². The van der Waals surface area contributed by atoms with Crippen molar-refractivity contribution in [3.8, 4) is 62.4 Å². The second kappa shape index (κ2) is 13.9. The molecular formula is C56H33N5O2. The van der Waals surface area contributed by atoms with Crippen molar-refractivity contribution in [1.29, 1.82) is 0 Å². The van der Waals surface area contributed by atoms with Crippen LogP contribution in [-0.4, -0.2) is 24.5 Å². The van der Waals surface area contributed by atoms with E-state index in [4.69, 9.17) is 28.8 Å². The van der Waals surface area contributed by atoms with Gasteiger partial charge < -0.3 is 13.4 Å². The van der Waals surface area contributed by atoms with Crippen molar-refractivity contribution in [2.45, 2.75) is 0 Å². The molecule has 0 spiro atoms. The Labute approximate surface area is 360 Å². The van der Waals surface area contributed by atoms with E-state index < -0.39 is 0 Å². The Morgan fingerprint density at radius 3 is 1.75 bits per heavy atom. The summed E-state index contributed by atoms with van der Waals surface area (Å²) in [5, 5.41) is 6.15. The Bertz CT molecular complexity index is 3890. The summed E-state index contributed by atoms with van der Waals surface area (Å²) >= 11 is 0. The molecule has 0 N–H and O–H groups in total. The molecule has 7 nitrogen and oxygen atoms in total. The van der Waals surface area contributed by atoms with E-state index in [1.54, 1.807) is 0 Å². The maximum absolute atomic E-state index is 6.69. The maximum Gasteiger partial charge on any atom is 0.227 e. The monoisotopic (exact) mass is 807 g/mol. The predicted octanol–water partition coefficient (Wildman–Crippen LogP) is 14.5. The summed E-state index contributed by atoms with van der Waals surface area (Å²) in [5.41, 5.74) is 12.1. The largest absolute Gasteiger partial charge is 0.455 e. The fourth-order valence-electron chi connectivity index (χ4n) is 9.13. The molecule has 0 fully saturated rings. The van der Waals surface area contributed by atoms with Gasteiger partial charge in [-0.05, 0) is 71.1 Å². The highest BCUT2D eigenvalue weighted by Gasteiger charge is 2.21. The van der Waals surface area contributed by atoms with Crippen LogP contribution in [0.5, 0.6) is 0 Å². The average Bonchev–Trinajstić information content (AvgIpc) is 4.07. The van der Waals surface area contributed by atoms with Gasteiger partial charge in [-0.2, -0.15) is 0 Å². The third-order valence-electron chi connectivity index (χ3n) is 12.1. The number of nitrogens with zero attached hydrogens (tertiary/aromatic N) is 5. The summed E-state index contributed by atoms with van der Waals surface area (Å²) < 4.78 is 15.3. The number of aromatic nitrogens is 5. The number of oxazole rings is 1. The minimum Gasteiger partial charge on any atom is -0.455 e. The molecule has 0 atom stereocenters. The minimum atomic E-state index is 0.568. The number of rotatable bonds is 6. The molecule has 4 heterocycles. The molecule has 0 bridgehead atoms. The highest BCUT2D eigenvalue weighted by atomic mass is 16.4. The molecule has 13 aromatic rings. The summed E-state index contributed by atoms with van der Waals surface area (Å²) in [4.78, 5) is 20.7. The fourth-order valence-corrected chi connectivity index (χ4v) is 9.13. The van der Waals surface area contributed by atoms with E-state index in [2.05, 4.69) is 144 Å². The molecule has 0 unspecified atom stereocenters. The second-order valence-corrected chi connectivity index (χ2v) is 15.8. The molecule has 0 saturated heterocycles. The normalized spacial score (nSPS) is 11.8. The van der Waals surface area contributed by atoms with Crippen molar-refractivity contribution >= 4 is 65.6 Å². The second-order valence-electron chi connectivity index (χ2n) is 15.8. The molecule has 13 rings (SSSR count). The van der Waals surface area contributed by atoms with Crippen LogP contribution in [0.1, 0.15) is 0 Å². The highest BCUT2D eigenvalue weighted by Crippen LogP contribution is 2.42. The average molecular weight is 808 g/mol. The zero-order chi connectivity index (χ0) is 41.4. The van der Waals surface area contributed by atoms with Gasteiger partial charge in [0.05, 0.1) is 16.4 Å². The SMILES string of the molecule is c1ccc(-c2ccc(-c3nc(-c4ccc5c6ccccc6n(-c6ccccc6)c5c4)nc(-c4cccc5c4ccc4c5oc5ccc6oc(-c7ccccc7)nc6c54)n3)cc2)cc1. The Morgan fingerprint density at radius 1 is 0.349 bits per heavy atom. The molecule has 9 aromatic carbocycles. The van der Waals surface area contributed by atoms with Crippen LogP contribution in [0.3, 0.4) is 0 Å². The van der Waals surface area contributed by atoms with Crippen molar-refractivity contribution in [1.82, 2.24) is 24.5 Å². The van der Waals surface area contributed by atoms with Crippen LogP contribution < -0.4 is 0 Å². The topological polar surface area (TPSA) is 82.8 Å². The molecule has 0 amide bonds. The zero-order valence-electron chi connectivity index (χ0n) is 33.6. The highest BCUT2D eigenvalue weighted by molar-refractivity contribution is 6.23. The van der Waals surface area contributed by atoms with Gasteiger partial charge >= 0.3 is 0 Å². The summed E-state index contributed by atoms with van der Waals surface area (Å²) in [5.74, 6) is 2.31. The third-order valence-corrected chi connectivity index (χ3v) is 12.1. The van der Waals surface area contributed by atoms with Crippen molar-refractivity contribution in [3.05, 3.63) is 200 Å². The van der Waals surface area contributed by atoms with Crippen LogP contribution >= 0.6 is 0 Å². The first-order chi connectivity index (χ1) is 31.2. The smallest absolute Gasteiger partial charge is 0.227 e. The van der Waals surface area contributed by atoms with Gasteiger partial charge in [0.25, 0.3) is 0 Å². The van der Waals surface area contributed by atoms with E-state index in [-0.39, 0.29) is 0 Å². The Morgan fingerprint density at radius 2 is 0.937 bits per heavy atom. The van der Waals surface area contributed by atoms with E-state index >= 15 is 0 Å². The predicted molar refractivity (Wildman–Crippen MR) is 254 cm³/mol. The van der Waals surface area contributed by atoms with Crippen LogP contribution in [0.4, 0.5) is 0 Å². The summed E-state index contributed by atoms with van der Waals surface area (Å²) in [6.07, 6.45) is 0. The van der Waals surface area contributed by atoms with Gasteiger partial charge in [-0.25, -0.2) is 19.9 Å². The molecule has 0 aliphatic heterocycles. The quantitative estimate of drug-likeness (QED) is 0.166. The lowest BCUT2D eigenvalue weighted by Crippen LogP contribution is -2.01. The van der Waals surface area contributed by atoms with Gasteiger partial charge in [0.2, 0.25) is 5.89 Å². The van der Waals surface area contributed by atoms with Gasteiger partial charge in [-0.15, -0.1) is 0 Å². The molecular weight excluding hydrogens is 775 g/mol. The third kappa shape index (κ3) is 5.67. The van der Waals surface area contributed by atoms with Crippen LogP contribution in [-0.2, 0) is 0 Å². The fraction of sp³-hybridized carbons (Fsp3) is 0. The minimum absolute atomic E-state index is 0.568. The maximum atomic E-state index is 6.69. The first-order valence-electron chi connectivity index (χ1n) is 21.0. The van der Waals surface area contributed by atoms with Crippen molar-refractivity contribution in [2.24, 2.45) is 0 Å². The lowest BCUT2D eigenvalue weighted by Gasteiger charge is -2.12. The van der Waals surface area contributed by atoms with Gasteiger partial charge in [-0.1, -0.05) is 146 Å². The first-order valence-corrected chi connectivity index (χ1v) is 21.0. The standard InChI is InChI=1S/C56H33N5O2/c1-4-13-34(14-5-1)35-23-25-36(26-24-35)53-58-54(38-27-28-42-41-19-10-11-22-46(41)61(47(42)33-38)39-17-8-3-9-18-39)60-55(59-53)44-21-12-20-43-40(44)29-30-45-50-48(62-52(43)45)31-32-49-51(50)57-56(63-49)37-15-6-2-7-16-37/h1-33H. The Hall–Kier alpha value is -8.68. The lowest BCUT2D eigenvalue weighted by molar-refractivity contribution is 0.619. The Balaban J connectivity index is 1.01. The molecule has 0 saturated carbocycles. The van der Waals surface area contributed by atoms with Crippen LogP contribution in [0.15, 0.2) is 209 Å². The van der Waals surface area contributed by atoms with Crippen LogP contribution in [0.2, 0.25) is 0 Å². The van der Waals surface area contributed by atoms with Crippen LogP contribution in [0, 0.1) is 0 Å². The van der Waals surface area contributed by atoms with E-state index in [1.807, 2.05) is 60.7 Å². The molecule has 0 radical (unpaired) electrons. The summed E-state index contributed by atoms with van der Waals surface area (Å²) in [6.45, 7) is 0. The van der Waals surface area contributed by atoms with Crippen LogP contribution in [0.25, 0.3) is 128 Å². The number of hydrogen-bond donors (Lipinski definition) is 0. The molecule has 294 valence electrons. The molecule has 0 aliphatic rings. The molecule has 63 heavy (non-hydrogen) atoms. The van der Waals surface area contributed by atoms with E-state index in [1.165, 1.54) is 5.39 Å². The molecule has 7 heteroatoms. The number of furan rings is 1. The number of hydrogen-bond acceptors (Lipinski definition) is 6. The van der Waals surface area contributed by atoms with E-state index in [0.717, 1.165) is 93.7 Å². The van der Waals surface area contributed by atoms with E-state index in [0.29, 0.717) is 28.9 Å². The van der Waals surface area contributed by atoms with Crippen molar-refractivity contribution < 1.29 is 8.83 Å². The van der Waals surface area contributed by atoms with Gasteiger partial charge in [-0.3, -0.25) is 0 Å². The zero-order valence-corrected chi connectivity index (χ0v) is 33.6. The number of para-hydroxylation sites is 2. The van der Waals surface area contributed by atoms with Gasteiger partial charge in [0, 0.05) is 49.5 Å². The molecule has 4 aromatic heterocycles. The summed E-state index contributed by atoms with van der Waals surface area (Å²) in [6, 6.07) is 68.8. The first kappa shape index (κ1) is 35.1. The number of benzene rings is 9. The van der Waals surface area contributed by atoms with Crippen molar-refractivity contribution in [3.63, 3.8) is 0 Å². The lowest BCUT2D eigenvalue weighted by atomic mass is 10.0.